The fourth-order valence-electron chi connectivity index (χ4n) is 5.67. The Morgan fingerprint density at radius 2 is 1.40 bits per heavy atom. The van der Waals surface area contributed by atoms with E-state index in [0.717, 1.165) is 24.1 Å². The van der Waals surface area contributed by atoms with Crippen LogP contribution in [0.3, 0.4) is 0 Å². The van der Waals surface area contributed by atoms with Crippen LogP contribution in [0.2, 0.25) is 0 Å². The third kappa shape index (κ3) is 7.09. The number of methoxy groups -OCH3 is 1. The zero-order valence-corrected chi connectivity index (χ0v) is 24.4. The van der Waals surface area contributed by atoms with Gasteiger partial charge in [-0.25, -0.2) is 18.4 Å². The van der Waals surface area contributed by atoms with Gasteiger partial charge in [-0.2, -0.15) is 26.3 Å². The van der Waals surface area contributed by atoms with Crippen molar-refractivity contribution < 1.29 is 54.2 Å². The molecule has 2 aliphatic rings. The third-order valence-electron chi connectivity index (χ3n) is 8.29. The predicted molar refractivity (Wildman–Crippen MR) is 145 cm³/mol. The molecule has 0 spiro atoms. The Balaban J connectivity index is 1.62. The van der Waals surface area contributed by atoms with Crippen molar-refractivity contribution in [3.05, 3.63) is 65.0 Å². The number of amides is 4. The van der Waals surface area contributed by atoms with Crippen LogP contribution in [-0.2, 0) is 21.9 Å². The van der Waals surface area contributed by atoms with E-state index < -0.39 is 70.6 Å². The number of halogens is 8. The Morgan fingerprint density at radius 1 is 0.867 bits per heavy atom. The van der Waals surface area contributed by atoms with Crippen molar-refractivity contribution in [2.45, 2.75) is 42.8 Å². The molecule has 2 fully saturated rings. The van der Waals surface area contributed by atoms with Crippen molar-refractivity contribution in [1.82, 2.24) is 14.7 Å². The Bertz CT molecular complexity index is 1390. The summed E-state index contributed by atoms with van der Waals surface area (Å²) < 4.78 is 115. The van der Waals surface area contributed by atoms with E-state index in [9.17, 15) is 45.1 Å². The van der Waals surface area contributed by atoms with E-state index >= 15 is 4.39 Å². The van der Waals surface area contributed by atoms with E-state index in [1.165, 1.54) is 36.1 Å². The van der Waals surface area contributed by atoms with Gasteiger partial charge in [0, 0.05) is 64.7 Å². The average molecular weight is 651 g/mol. The van der Waals surface area contributed by atoms with Gasteiger partial charge in [0.15, 0.2) is 5.67 Å². The average Bonchev–Trinajstić information content (AvgIpc) is 3.44. The van der Waals surface area contributed by atoms with E-state index in [1.807, 2.05) is 0 Å². The molecule has 2 heterocycles. The maximum atomic E-state index is 16.0. The van der Waals surface area contributed by atoms with Crippen molar-refractivity contribution >= 4 is 23.7 Å². The summed E-state index contributed by atoms with van der Waals surface area (Å²) in [6, 6.07) is 3.94. The lowest BCUT2D eigenvalue weighted by atomic mass is 9.91. The van der Waals surface area contributed by atoms with E-state index in [2.05, 4.69) is 4.74 Å². The van der Waals surface area contributed by atoms with Gasteiger partial charge in [-0.15, -0.1) is 0 Å². The van der Waals surface area contributed by atoms with Gasteiger partial charge in [-0.05, 0) is 35.9 Å². The fraction of sp³-hybridized carbons (Fsp3) is 0.483. The summed E-state index contributed by atoms with van der Waals surface area (Å²) in [4.78, 5) is 43.0. The summed E-state index contributed by atoms with van der Waals surface area (Å²) in [5.74, 6) is -2.19. The summed E-state index contributed by atoms with van der Waals surface area (Å²) >= 11 is 0. The lowest BCUT2D eigenvalue weighted by Crippen LogP contribution is -2.53. The van der Waals surface area contributed by atoms with Crippen LogP contribution in [0, 0.1) is 5.82 Å². The number of piperidine rings is 1. The summed E-state index contributed by atoms with van der Waals surface area (Å²) in [6.45, 7) is -0.536. The number of likely N-dealkylation sites (tertiary alicyclic amines) is 2. The highest BCUT2D eigenvalue weighted by Gasteiger charge is 2.49. The van der Waals surface area contributed by atoms with Gasteiger partial charge in [0.25, 0.3) is 5.91 Å². The molecule has 2 saturated heterocycles. The molecule has 2 aliphatic heterocycles. The highest BCUT2D eigenvalue weighted by molar-refractivity contribution is 5.92. The lowest BCUT2D eigenvalue weighted by molar-refractivity contribution is -0.146. The molecule has 0 unspecified atom stereocenters. The molecule has 0 aliphatic carbocycles. The molecule has 246 valence electrons. The number of carbonyl (C=O) groups is 3. The number of nitrogens with zero attached hydrogens (tertiary/aromatic N) is 4. The van der Waals surface area contributed by atoms with Gasteiger partial charge >= 0.3 is 24.5 Å². The number of benzene rings is 2. The molecule has 2 aromatic rings. The van der Waals surface area contributed by atoms with Gasteiger partial charge in [0.2, 0.25) is 0 Å². The minimum Gasteiger partial charge on any atom is -0.453 e. The zero-order chi connectivity index (χ0) is 33.5. The number of hydrogen-bond acceptors (Lipinski definition) is 4. The highest BCUT2D eigenvalue weighted by Crippen LogP contribution is 2.40. The number of likely N-dealkylation sites (N-methyl/N-ethyl adjacent to an activating group) is 1. The van der Waals surface area contributed by atoms with Crippen molar-refractivity contribution in [3.63, 3.8) is 0 Å². The number of ether oxygens (including phenoxy) is 1. The molecular weight excluding hydrogens is 620 g/mol. The molecule has 2 atom stereocenters. The van der Waals surface area contributed by atoms with Crippen LogP contribution < -0.4 is 4.90 Å². The van der Waals surface area contributed by atoms with Gasteiger partial charge in [0.1, 0.15) is 5.82 Å². The van der Waals surface area contributed by atoms with Crippen LogP contribution in [0.25, 0.3) is 0 Å². The minimum atomic E-state index is -5.14. The first-order chi connectivity index (χ1) is 20.9. The molecule has 4 amide bonds. The monoisotopic (exact) mass is 650 g/mol. The first-order valence-electron chi connectivity index (χ1n) is 13.7. The number of rotatable bonds is 4. The summed E-state index contributed by atoms with van der Waals surface area (Å²) in [7, 11) is 3.43. The molecule has 0 N–H and O–H groups in total. The maximum Gasteiger partial charge on any atom is 0.416 e. The Morgan fingerprint density at radius 3 is 1.89 bits per heavy atom. The van der Waals surface area contributed by atoms with Gasteiger partial charge in [0.05, 0.1) is 24.3 Å². The second kappa shape index (κ2) is 12.4. The minimum absolute atomic E-state index is 0.0565. The number of urea groups is 1. The van der Waals surface area contributed by atoms with Crippen molar-refractivity contribution in [2.24, 2.45) is 0 Å². The molecular formula is C29H30F8N4O4. The molecule has 16 heteroatoms. The predicted octanol–water partition coefficient (Wildman–Crippen LogP) is 5.92. The van der Waals surface area contributed by atoms with E-state index in [4.69, 9.17) is 0 Å². The molecule has 45 heavy (non-hydrogen) atoms. The van der Waals surface area contributed by atoms with Crippen molar-refractivity contribution in [1.29, 1.82) is 0 Å². The van der Waals surface area contributed by atoms with E-state index in [1.54, 1.807) is 0 Å². The number of anilines is 1. The molecule has 2 aromatic carbocycles. The fourth-order valence-corrected chi connectivity index (χ4v) is 5.67. The molecule has 4 rings (SSSR count). The highest BCUT2D eigenvalue weighted by atomic mass is 19.4. The quantitative estimate of drug-likeness (QED) is 0.386. The largest absolute Gasteiger partial charge is 0.453 e. The molecule has 0 bridgehead atoms. The third-order valence-corrected chi connectivity index (χ3v) is 8.29. The van der Waals surface area contributed by atoms with Crippen LogP contribution in [-0.4, -0.2) is 91.8 Å². The SMILES string of the molecule is COC(=O)N1CCC(F)(C(=O)N2C[C@@H](N(C)C(=O)N(C)c3cc(C(F)(F)F)cc(C(F)(F)F)c3)[C@H](c3ccc(F)cc3)C2)CC1. The van der Waals surface area contributed by atoms with Crippen LogP contribution in [0.1, 0.15) is 35.4 Å². The van der Waals surface area contributed by atoms with Gasteiger partial charge in [-0.1, -0.05) is 12.1 Å². The van der Waals surface area contributed by atoms with Crippen LogP contribution in [0.5, 0.6) is 0 Å². The number of carbonyl (C=O) groups excluding carboxylic acids is 3. The summed E-state index contributed by atoms with van der Waals surface area (Å²) in [6.07, 6.45) is -11.6. The van der Waals surface area contributed by atoms with E-state index in [0.29, 0.717) is 22.6 Å². The molecule has 8 nitrogen and oxygen atoms in total. The van der Waals surface area contributed by atoms with Gasteiger partial charge in [-0.3, -0.25) is 9.69 Å². The maximum absolute atomic E-state index is 16.0. The first kappa shape index (κ1) is 33.8. The second-order valence-electron chi connectivity index (χ2n) is 11.1. The van der Waals surface area contributed by atoms with Gasteiger partial charge < -0.3 is 19.4 Å². The molecule has 0 saturated carbocycles. The molecule has 0 aromatic heterocycles. The Hall–Kier alpha value is -4.11. The van der Waals surface area contributed by atoms with Crippen LogP contribution in [0.4, 0.5) is 50.4 Å². The van der Waals surface area contributed by atoms with Crippen molar-refractivity contribution in [3.8, 4) is 0 Å². The standard InChI is InChI=1S/C29H30F8N4O4/c1-38(21-13-18(28(32,33)34)12-19(14-21)29(35,36)37)25(43)39(2)23-16-41(15-22(23)17-4-6-20(30)7-5-17)24(42)27(31)8-10-40(11-9-27)26(44)45-3/h4-7,12-14,22-23H,8-11,15-16H2,1-3H3/t22-,23+/m0/s1. The van der Waals surface area contributed by atoms with Crippen molar-refractivity contribution in [2.75, 3.05) is 52.3 Å². The lowest BCUT2D eigenvalue weighted by Gasteiger charge is -2.37. The zero-order valence-electron chi connectivity index (χ0n) is 24.4. The number of hydrogen-bond donors (Lipinski definition) is 0. The Kier molecular flexibility index (Phi) is 9.27. The molecule has 0 radical (unpaired) electrons. The summed E-state index contributed by atoms with van der Waals surface area (Å²) in [5, 5.41) is 0. The Labute approximate surface area is 253 Å². The smallest absolute Gasteiger partial charge is 0.416 e. The topological polar surface area (TPSA) is 73.4 Å². The van der Waals surface area contributed by atoms with E-state index in [-0.39, 0.29) is 45.1 Å². The first-order valence-corrected chi connectivity index (χ1v) is 13.7. The number of alkyl halides is 7. The summed E-state index contributed by atoms with van der Waals surface area (Å²) in [5.41, 5.74) is -5.78. The second-order valence-corrected chi connectivity index (χ2v) is 11.1. The van der Waals surface area contributed by atoms with Crippen LogP contribution >= 0.6 is 0 Å². The normalized spacial score (nSPS) is 20.2. The van der Waals surface area contributed by atoms with Crippen LogP contribution in [0.15, 0.2) is 42.5 Å².